The summed E-state index contributed by atoms with van der Waals surface area (Å²) in [6, 6.07) is 23.6. The van der Waals surface area contributed by atoms with E-state index in [-0.39, 0.29) is 29.8 Å². The number of phenolic OH excluding ortho intramolecular Hbond substituents is 1. The highest BCUT2D eigenvalue weighted by atomic mass is 79.9. The molecule has 2 saturated heterocycles. The molecule has 0 bridgehead atoms. The molecule has 0 aromatic heterocycles. The van der Waals surface area contributed by atoms with Gasteiger partial charge >= 0.3 is 0 Å². The summed E-state index contributed by atoms with van der Waals surface area (Å²) in [6.07, 6.45) is 1.69. The highest BCUT2D eigenvalue weighted by Gasteiger charge is 2.77. The van der Waals surface area contributed by atoms with Crippen molar-refractivity contribution in [3.8, 4) is 5.75 Å². The van der Waals surface area contributed by atoms with Crippen molar-refractivity contribution in [1.29, 1.82) is 0 Å². The van der Waals surface area contributed by atoms with E-state index in [9.17, 15) is 28.7 Å². The molecule has 2 aliphatic carbocycles. The van der Waals surface area contributed by atoms with Crippen molar-refractivity contribution < 1.29 is 28.7 Å². The first-order chi connectivity index (χ1) is 25.7. The maximum absolute atomic E-state index is 14.5. The minimum absolute atomic E-state index is 0.0661. The van der Waals surface area contributed by atoms with E-state index >= 15 is 0 Å². The minimum Gasteiger partial charge on any atom is -0.508 e. The van der Waals surface area contributed by atoms with Crippen LogP contribution < -0.4 is 14.7 Å². The molecule has 0 unspecified atom stereocenters. The molecule has 274 valence electrons. The Kier molecular flexibility index (Phi) is 8.78. The molecule has 4 amide bonds. The fourth-order valence-electron chi connectivity index (χ4n) is 8.36. The number of carbonyl (C=O) groups excluding carboxylic acids is 4. The summed E-state index contributed by atoms with van der Waals surface area (Å²) in [7, 11) is 3.89. The van der Waals surface area contributed by atoms with Gasteiger partial charge in [-0.2, -0.15) is 10.2 Å². The Bertz CT molecular complexity index is 2300. The third kappa shape index (κ3) is 5.40. The Morgan fingerprint density at radius 2 is 1.39 bits per heavy atom. The number of amides is 4. The van der Waals surface area contributed by atoms with E-state index in [1.807, 2.05) is 43.3 Å². The molecule has 1 N–H and O–H groups in total. The summed E-state index contributed by atoms with van der Waals surface area (Å²) in [5.74, 6) is -7.09. The molecule has 2 aliphatic heterocycles. The summed E-state index contributed by atoms with van der Waals surface area (Å²) in [6.45, 7) is 0. The van der Waals surface area contributed by atoms with Gasteiger partial charge in [0.25, 0.3) is 11.8 Å². The normalized spacial score (nSPS) is 27.6. The molecule has 6 atom stereocenters. The number of imide groups is 2. The predicted molar refractivity (Wildman–Crippen MR) is 206 cm³/mol. The smallest absolute Gasteiger partial charge is 0.258 e. The monoisotopic (exact) mass is 829 g/mol. The lowest BCUT2D eigenvalue weighted by Crippen LogP contribution is -2.60. The number of allylic oxidation sites excluding steroid dienone is 2. The second-order valence-electron chi connectivity index (χ2n) is 14.1. The Morgan fingerprint density at radius 3 is 2.02 bits per heavy atom. The second-order valence-corrected chi connectivity index (χ2v) is 16.3. The van der Waals surface area contributed by atoms with Crippen LogP contribution in [-0.4, -0.2) is 52.6 Å². The van der Waals surface area contributed by atoms with Crippen LogP contribution in [0, 0.1) is 23.6 Å². The molecule has 4 aliphatic rings. The Hall–Kier alpha value is -4.91. The standard InChI is InChI=1S/C40H31BrCl2FN5O5/c1-47(2)25-12-6-23(7-13-25)45-46-24-8-14-26(15-9-24)48-35(51)29-17-16-28-31(33(29)36(48)52)20-39(42)37(53)49(27-10-4-22(44)5-11-27)38(54)40(39,43)34(28)30-19-21(41)3-18-32(30)50/h3-16,18-19,29,31,33-34,50H,17,20H2,1-2H3/t29-,31+,33-,34+,39+,40-/m0/s1. The van der Waals surface area contributed by atoms with Crippen molar-refractivity contribution >= 4 is 91.2 Å². The number of hydrogen-bond acceptors (Lipinski definition) is 8. The van der Waals surface area contributed by atoms with Crippen LogP contribution in [0.5, 0.6) is 5.75 Å². The number of rotatable bonds is 6. The van der Waals surface area contributed by atoms with Gasteiger partial charge < -0.3 is 10.0 Å². The Balaban J connectivity index is 1.15. The number of nitrogens with zero attached hydrogens (tertiary/aromatic N) is 5. The predicted octanol–water partition coefficient (Wildman–Crippen LogP) is 8.54. The molecule has 4 aromatic carbocycles. The number of halogens is 4. The lowest BCUT2D eigenvalue weighted by Gasteiger charge is -2.50. The van der Waals surface area contributed by atoms with Crippen molar-refractivity contribution in [2.24, 2.45) is 28.0 Å². The summed E-state index contributed by atoms with van der Waals surface area (Å²) in [5.41, 5.74) is 3.34. The largest absolute Gasteiger partial charge is 0.508 e. The molecule has 14 heteroatoms. The van der Waals surface area contributed by atoms with Gasteiger partial charge in [-0.3, -0.25) is 24.1 Å². The number of anilines is 3. The average Bonchev–Trinajstić information content (AvgIpc) is 3.50. The van der Waals surface area contributed by atoms with E-state index in [1.165, 1.54) is 18.2 Å². The first-order valence-electron chi connectivity index (χ1n) is 17.1. The van der Waals surface area contributed by atoms with E-state index in [2.05, 4.69) is 26.2 Å². The first-order valence-corrected chi connectivity index (χ1v) is 18.7. The minimum atomic E-state index is -2.17. The molecule has 2 heterocycles. The summed E-state index contributed by atoms with van der Waals surface area (Å²) in [4.78, 5) is 57.2. The van der Waals surface area contributed by atoms with Crippen LogP contribution in [-0.2, 0) is 19.2 Å². The third-order valence-electron chi connectivity index (χ3n) is 11.0. The number of phenols is 1. The SMILES string of the molecule is CN(C)c1ccc(N=Nc2ccc(N3C(=O)[C@H]4[C@H](CC=C5[C@H]4C[C@@]4(Cl)C(=O)N(c6ccc(F)cc6)C(=O)[C@@]4(Cl)[C@H]5c4cc(Br)ccc4O)C3=O)cc2)cc1. The van der Waals surface area contributed by atoms with Gasteiger partial charge in [0.1, 0.15) is 11.6 Å². The van der Waals surface area contributed by atoms with Crippen molar-refractivity contribution in [1.82, 2.24) is 0 Å². The van der Waals surface area contributed by atoms with E-state index in [0.29, 0.717) is 27.1 Å². The molecule has 0 radical (unpaired) electrons. The van der Waals surface area contributed by atoms with Gasteiger partial charge in [-0.1, -0.05) is 27.6 Å². The molecule has 0 spiro atoms. The van der Waals surface area contributed by atoms with E-state index < -0.39 is 62.9 Å². The van der Waals surface area contributed by atoms with Crippen LogP contribution in [0.1, 0.15) is 24.3 Å². The third-order valence-corrected chi connectivity index (χ3v) is 12.9. The molecule has 8 rings (SSSR count). The van der Waals surface area contributed by atoms with Crippen molar-refractivity contribution in [2.45, 2.75) is 28.5 Å². The summed E-state index contributed by atoms with van der Waals surface area (Å²) in [5, 5.41) is 19.8. The van der Waals surface area contributed by atoms with Crippen LogP contribution in [0.4, 0.5) is 32.8 Å². The first kappa shape index (κ1) is 36.1. The van der Waals surface area contributed by atoms with Crippen LogP contribution in [0.3, 0.4) is 0 Å². The van der Waals surface area contributed by atoms with E-state index in [0.717, 1.165) is 27.6 Å². The summed E-state index contributed by atoms with van der Waals surface area (Å²) < 4.78 is 14.5. The number of aromatic hydroxyl groups is 1. The number of benzene rings is 4. The zero-order chi connectivity index (χ0) is 38.3. The van der Waals surface area contributed by atoms with Crippen molar-refractivity contribution in [3.63, 3.8) is 0 Å². The maximum Gasteiger partial charge on any atom is 0.258 e. The lowest BCUT2D eigenvalue weighted by molar-refractivity contribution is -0.125. The lowest BCUT2D eigenvalue weighted by atomic mass is 9.56. The molecular weight excluding hydrogens is 800 g/mol. The Morgan fingerprint density at radius 1 is 0.796 bits per heavy atom. The quantitative estimate of drug-likeness (QED) is 0.0900. The van der Waals surface area contributed by atoms with Crippen LogP contribution >= 0.6 is 39.1 Å². The zero-order valence-corrected chi connectivity index (χ0v) is 31.9. The summed E-state index contributed by atoms with van der Waals surface area (Å²) >= 11 is 18.3. The topological polar surface area (TPSA) is 123 Å². The van der Waals surface area contributed by atoms with Crippen LogP contribution in [0.25, 0.3) is 0 Å². The average molecular weight is 832 g/mol. The van der Waals surface area contributed by atoms with Gasteiger partial charge in [-0.25, -0.2) is 9.29 Å². The van der Waals surface area contributed by atoms with E-state index in [1.54, 1.807) is 42.5 Å². The van der Waals surface area contributed by atoms with Gasteiger partial charge in [0.15, 0.2) is 9.75 Å². The number of fused-ring (bicyclic) bond motifs is 4. The number of azo groups is 1. The van der Waals surface area contributed by atoms with E-state index in [4.69, 9.17) is 23.2 Å². The Labute approximate surface area is 328 Å². The molecule has 4 aromatic rings. The van der Waals surface area contributed by atoms with Crippen LogP contribution in [0.15, 0.2) is 117 Å². The van der Waals surface area contributed by atoms with Gasteiger partial charge in [0.05, 0.1) is 34.6 Å². The van der Waals surface area contributed by atoms with Gasteiger partial charge in [-0.15, -0.1) is 23.2 Å². The van der Waals surface area contributed by atoms with Crippen molar-refractivity contribution in [3.05, 3.63) is 118 Å². The van der Waals surface area contributed by atoms with Gasteiger partial charge in [0, 0.05) is 35.7 Å². The highest BCUT2D eigenvalue weighted by Crippen LogP contribution is 2.66. The van der Waals surface area contributed by atoms with Gasteiger partial charge in [0.2, 0.25) is 11.8 Å². The molecule has 1 saturated carbocycles. The number of carbonyl (C=O) groups is 4. The highest BCUT2D eigenvalue weighted by molar-refractivity contribution is 9.10. The molecular formula is C40H31BrCl2FN5O5. The molecule has 3 fully saturated rings. The fraction of sp³-hybridized carbons (Fsp3) is 0.250. The number of hydrogen-bond donors (Lipinski definition) is 1. The second kappa shape index (κ2) is 13.1. The zero-order valence-electron chi connectivity index (χ0n) is 28.8. The number of alkyl halides is 2. The molecule has 10 nitrogen and oxygen atoms in total. The van der Waals surface area contributed by atoms with Crippen LogP contribution in [0.2, 0.25) is 0 Å². The van der Waals surface area contributed by atoms with Gasteiger partial charge in [-0.05, 0) is 110 Å². The fourth-order valence-corrected chi connectivity index (χ4v) is 9.66. The van der Waals surface area contributed by atoms with Crippen molar-refractivity contribution in [2.75, 3.05) is 28.8 Å². The molecule has 54 heavy (non-hydrogen) atoms. The maximum atomic E-state index is 14.5.